The maximum absolute atomic E-state index is 11.3. The molecule has 0 unspecified atom stereocenters. The highest BCUT2D eigenvalue weighted by Crippen LogP contribution is 2.13. The number of rotatable bonds is 1. The Morgan fingerprint density at radius 2 is 2.10 bits per heavy atom. The largest absolute Gasteiger partial charge is 0.408 e. The number of guanidine groups is 1. The lowest BCUT2D eigenvalue weighted by molar-refractivity contribution is -0.118. The second-order valence-corrected chi connectivity index (χ2v) is 1.43. The molecule has 0 aliphatic rings. The Morgan fingerprint density at radius 1 is 1.60 bits per heavy atom. The summed E-state index contributed by atoms with van der Waals surface area (Å²) in [5.41, 5.74) is 5.93. The van der Waals surface area contributed by atoms with Gasteiger partial charge in [0.2, 0.25) is 5.96 Å². The molecule has 0 aromatic heterocycles. The van der Waals surface area contributed by atoms with Crippen molar-refractivity contribution in [1.29, 1.82) is 0 Å². The average Bonchev–Trinajstić information content (AvgIpc) is 1.81. The molecule has 0 aliphatic heterocycles. The molecule has 60 valence electrons. The molecule has 0 radical (unpaired) electrons. The third-order valence-corrected chi connectivity index (χ3v) is 0.543. The van der Waals surface area contributed by atoms with Crippen molar-refractivity contribution < 1.29 is 18.4 Å². The number of halogens is 3. The van der Waals surface area contributed by atoms with Crippen molar-refractivity contribution in [3.8, 4) is 0 Å². The van der Waals surface area contributed by atoms with E-state index in [1.807, 2.05) is 0 Å². The van der Waals surface area contributed by atoms with Crippen LogP contribution < -0.4 is 11.2 Å². The minimum Gasteiger partial charge on any atom is -0.368 e. The summed E-state index contributed by atoms with van der Waals surface area (Å²) in [6, 6.07) is 0. The van der Waals surface area contributed by atoms with Crippen molar-refractivity contribution in [2.45, 2.75) is 6.18 Å². The molecule has 0 saturated heterocycles. The Kier molecular flexibility index (Phi) is 2.94. The third-order valence-electron chi connectivity index (χ3n) is 0.543. The first-order valence-corrected chi connectivity index (χ1v) is 2.22. The minimum absolute atomic E-state index is 0.655. The predicted molar refractivity (Wildman–Crippen MR) is 27.5 cm³/mol. The van der Waals surface area contributed by atoms with Crippen molar-refractivity contribution >= 4 is 5.96 Å². The summed E-state index contributed by atoms with van der Waals surface area (Å²) in [6.07, 6.45) is -4.39. The van der Waals surface area contributed by atoms with Gasteiger partial charge < -0.3 is 5.73 Å². The van der Waals surface area contributed by atoms with Gasteiger partial charge in [-0.1, -0.05) is 0 Å². The van der Waals surface area contributed by atoms with Gasteiger partial charge >= 0.3 is 6.18 Å². The Morgan fingerprint density at radius 3 is 2.40 bits per heavy atom. The summed E-state index contributed by atoms with van der Waals surface area (Å²) in [7, 11) is 0. The summed E-state index contributed by atoms with van der Waals surface area (Å²) in [5.74, 6) is -0.655. The zero-order valence-electron chi connectivity index (χ0n) is 4.81. The molecule has 0 aromatic carbocycles. The topological polar surface area (TPSA) is 70.6 Å². The van der Waals surface area contributed by atoms with Crippen LogP contribution in [0.1, 0.15) is 0 Å². The monoisotopic (exact) mass is 157 g/mol. The number of nitrogens with one attached hydrogen (secondary N) is 1. The van der Waals surface area contributed by atoms with Crippen molar-refractivity contribution in [1.82, 2.24) is 5.48 Å². The van der Waals surface area contributed by atoms with Gasteiger partial charge in [0.05, 0.1) is 0 Å². The first kappa shape index (κ1) is 9.02. The molecule has 10 heavy (non-hydrogen) atoms. The van der Waals surface area contributed by atoms with Gasteiger partial charge in [0, 0.05) is 0 Å². The van der Waals surface area contributed by atoms with Gasteiger partial charge in [-0.3, -0.25) is 5.21 Å². The second kappa shape index (κ2) is 3.25. The van der Waals surface area contributed by atoms with E-state index in [9.17, 15) is 13.2 Å². The number of hydrogen-bond donors (Lipinski definition) is 3. The van der Waals surface area contributed by atoms with E-state index >= 15 is 0 Å². The van der Waals surface area contributed by atoms with Crippen LogP contribution >= 0.6 is 0 Å². The van der Waals surface area contributed by atoms with E-state index in [1.165, 1.54) is 5.48 Å². The maximum Gasteiger partial charge on any atom is 0.408 e. The second-order valence-electron chi connectivity index (χ2n) is 1.43. The van der Waals surface area contributed by atoms with Crippen LogP contribution in [-0.4, -0.2) is 23.9 Å². The molecule has 0 atom stereocenters. The van der Waals surface area contributed by atoms with Gasteiger partial charge in [0.1, 0.15) is 6.54 Å². The van der Waals surface area contributed by atoms with Gasteiger partial charge in [0.15, 0.2) is 0 Å². The Bertz CT molecular complexity index is 131. The molecular weight excluding hydrogens is 151 g/mol. The summed E-state index contributed by atoms with van der Waals surface area (Å²) in [4.78, 5) is 2.72. The molecule has 0 spiro atoms. The minimum atomic E-state index is -4.39. The summed E-state index contributed by atoms with van der Waals surface area (Å²) < 4.78 is 33.8. The molecule has 7 heteroatoms. The highest BCUT2D eigenvalue weighted by Gasteiger charge is 2.26. The van der Waals surface area contributed by atoms with Gasteiger partial charge in [0.25, 0.3) is 0 Å². The van der Waals surface area contributed by atoms with E-state index in [0.717, 1.165) is 0 Å². The fourth-order valence-electron chi connectivity index (χ4n) is 0.210. The fraction of sp³-hybridized carbons (Fsp3) is 0.667. The average molecular weight is 157 g/mol. The molecule has 0 aliphatic carbocycles. The van der Waals surface area contributed by atoms with E-state index in [-0.39, 0.29) is 0 Å². The lowest BCUT2D eigenvalue weighted by atomic mass is 10.6. The predicted octanol–water partition coefficient (Wildman–Crippen LogP) is -0.158. The zero-order valence-corrected chi connectivity index (χ0v) is 4.81. The fourth-order valence-corrected chi connectivity index (χ4v) is 0.210. The Labute approximate surface area is 54.5 Å². The number of alkyl halides is 3. The SMILES string of the molecule is NC(=NCC(F)(F)F)NO. The third kappa shape index (κ3) is 5.16. The Hall–Kier alpha value is -0.980. The smallest absolute Gasteiger partial charge is 0.368 e. The molecule has 0 amide bonds. The van der Waals surface area contributed by atoms with Gasteiger partial charge in [-0.05, 0) is 0 Å². The van der Waals surface area contributed by atoms with Crippen LogP contribution in [0.25, 0.3) is 0 Å². The number of hydroxylamine groups is 1. The molecule has 0 aromatic rings. The molecule has 0 bridgehead atoms. The summed E-state index contributed by atoms with van der Waals surface area (Å²) >= 11 is 0. The molecule has 0 heterocycles. The molecule has 0 saturated carbocycles. The van der Waals surface area contributed by atoms with Crippen LogP contribution in [0.5, 0.6) is 0 Å². The van der Waals surface area contributed by atoms with Crippen molar-refractivity contribution in [2.24, 2.45) is 10.7 Å². The highest BCUT2D eigenvalue weighted by atomic mass is 19.4. The van der Waals surface area contributed by atoms with Crippen molar-refractivity contribution in [2.75, 3.05) is 6.54 Å². The van der Waals surface area contributed by atoms with Gasteiger partial charge in [-0.2, -0.15) is 13.2 Å². The highest BCUT2D eigenvalue weighted by molar-refractivity contribution is 5.76. The molecular formula is C3H6F3N3O. The summed E-state index contributed by atoms with van der Waals surface area (Å²) in [6.45, 7) is -1.40. The quantitative estimate of drug-likeness (QED) is 0.281. The lowest BCUT2D eigenvalue weighted by Gasteiger charge is -2.01. The number of nitrogens with two attached hydrogens (primary N) is 1. The van der Waals surface area contributed by atoms with Crippen LogP contribution in [0.15, 0.2) is 4.99 Å². The van der Waals surface area contributed by atoms with Crippen molar-refractivity contribution in [3.63, 3.8) is 0 Å². The summed E-state index contributed by atoms with van der Waals surface area (Å²) in [5, 5.41) is 7.86. The first-order chi connectivity index (χ1) is 4.45. The van der Waals surface area contributed by atoms with E-state index in [4.69, 9.17) is 5.21 Å². The van der Waals surface area contributed by atoms with Gasteiger partial charge in [-0.25, -0.2) is 10.5 Å². The molecule has 4 N–H and O–H groups in total. The molecule has 0 rings (SSSR count). The van der Waals surface area contributed by atoms with Crippen LogP contribution in [-0.2, 0) is 0 Å². The lowest BCUT2D eigenvalue weighted by Crippen LogP contribution is -2.30. The normalized spacial score (nSPS) is 13.4. The Balaban J connectivity index is 3.73. The number of nitrogens with zero attached hydrogens (tertiary/aromatic N) is 1. The van der Waals surface area contributed by atoms with Gasteiger partial charge in [-0.15, -0.1) is 0 Å². The molecule has 4 nitrogen and oxygen atoms in total. The zero-order chi connectivity index (χ0) is 8.20. The molecule has 0 fully saturated rings. The first-order valence-electron chi connectivity index (χ1n) is 2.22. The van der Waals surface area contributed by atoms with Crippen LogP contribution in [0, 0.1) is 0 Å². The maximum atomic E-state index is 11.3. The van der Waals surface area contributed by atoms with Crippen LogP contribution in [0.3, 0.4) is 0 Å². The van der Waals surface area contributed by atoms with Crippen LogP contribution in [0.2, 0.25) is 0 Å². The van der Waals surface area contributed by atoms with E-state index in [2.05, 4.69) is 10.7 Å². The van der Waals surface area contributed by atoms with E-state index in [0.29, 0.717) is 0 Å². The number of aliphatic imine (C=N–C) groups is 1. The van der Waals surface area contributed by atoms with E-state index in [1.54, 1.807) is 0 Å². The van der Waals surface area contributed by atoms with Crippen molar-refractivity contribution in [3.05, 3.63) is 0 Å². The van der Waals surface area contributed by atoms with E-state index < -0.39 is 18.7 Å². The standard InChI is InChI=1S/C3H6F3N3O/c4-3(5,6)1-8-2(7)9-10/h10H,1H2,(H3,7,8,9). The van der Waals surface area contributed by atoms with Crippen LogP contribution in [0.4, 0.5) is 13.2 Å². The number of hydrogen-bond acceptors (Lipinski definition) is 2.